The number of ether oxygens (including phenoxy) is 2. The molecule has 0 radical (unpaired) electrons. The van der Waals surface area contributed by atoms with E-state index in [0.29, 0.717) is 24.0 Å². The van der Waals surface area contributed by atoms with E-state index in [0.717, 1.165) is 18.4 Å². The van der Waals surface area contributed by atoms with E-state index < -0.39 is 0 Å². The Morgan fingerprint density at radius 1 is 1.12 bits per heavy atom. The van der Waals surface area contributed by atoms with Crippen LogP contribution in [0.1, 0.15) is 22.9 Å². The number of fused-ring (bicyclic) bond motifs is 1. The van der Waals surface area contributed by atoms with Gasteiger partial charge in [0.05, 0.1) is 11.6 Å². The average Bonchev–Trinajstić information content (AvgIpc) is 3.05. The molecule has 3 rings (SSSR count). The minimum atomic E-state index is -0.0417. The van der Waals surface area contributed by atoms with Crippen LogP contribution >= 0.6 is 22.9 Å². The van der Waals surface area contributed by atoms with Crippen LogP contribution in [0, 0.1) is 0 Å². The highest BCUT2D eigenvalue weighted by atomic mass is 35.5. The number of thiophene rings is 1. The van der Waals surface area contributed by atoms with E-state index in [1.165, 1.54) is 15.0 Å². The van der Waals surface area contributed by atoms with E-state index in [2.05, 4.69) is 30.3 Å². The van der Waals surface area contributed by atoms with Gasteiger partial charge in [-0.25, -0.2) is 0 Å². The normalized spacial score (nSPS) is 12.4. The zero-order chi connectivity index (χ0) is 17.6. The summed E-state index contributed by atoms with van der Waals surface area (Å²) in [5, 5.41) is 1.87. The van der Waals surface area contributed by atoms with Crippen molar-refractivity contribution in [3.05, 3.63) is 64.0 Å². The molecule has 0 saturated carbocycles. The first-order valence-electron chi connectivity index (χ1n) is 8.31. The minimum Gasteiger partial charge on any atom is -0.492 e. The average molecular weight is 376 g/mol. The fourth-order valence-electron chi connectivity index (χ4n) is 2.71. The molecular weight excluding hydrogens is 354 g/mol. The summed E-state index contributed by atoms with van der Waals surface area (Å²) in [7, 11) is 1.68. The first kappa shape index (κ1) is 18.2. The van der Waals surface area contributed by atoms with Gasteiger partial charge in [0.1, 0.15) is 5.75 Å². The summed E-state index contributed by atoms with van der Waals surface area (Å²) >= 11 is 7.99. The molecule has 0 aliphatic heterocycles. The number of benzene rings is 2. The lowest BCUT2D eigenvalue weighted by atomic mass is 10.0. The summed E-state index contributed by atoms with van der Waals surface area (Å²) in [6, 6.07) is 16.4. The maximum atomic E-state index is 6.44. The van der Waals surface area contributed by atoms with Crippen LogP contribution in [0.3, 0.4) is 0 Å². The molecule has 5 heteroatoms. The predicted octanol–water partition coefficient (Wildman–Crippen LogP) is 5.21. The molecule has 2 N–H and O–H groups in total. The molecule has 2 aromatic carbocycles. The topological polar surface area (TPSA) is 44.5 Å². The summed E-state index contributed by atoms with van der Waals surface area (Å²) in [6.07, 6.45) is 1.58. The highest BCUT2D eigenvalue weighted by Crippen LogP contribution is 2.32. The van der Waals surface area contributed by atoms with Crippen LogP contribution in [-0.2, 0) is 11.2 Å². The zero-order valence-corrected chi connectivity index (χ0v) is 15.8. The molecule has 3 nitrogen and oxygen atoms in total. The van der Waals surface area contributed by atoms with Crippen molar-refractivity contribution in [2.45, 2.75) is 18.9 Å². The molecule has 0 bridgehead atoms. The van der Waals surface area contributed by atoms with Gasteiger partial charge < -0.3 is 15.2 Å². The van der Waals surface area contributed by atoms with Crippen molar-refractivity contribution in [1.82, 2.24) is 0 Å². The molecule has 0 aliphatic rings. The third-order valence-electron chi connectivity index (χ3n) is 4.01. The fourth-order valence-corrected chi connectivity index (χ4v) is 3.95. The maximum absolute atomic E-state index is 6.44. The second-order valence-corrected chi connectivity index (χ2v) is 7.48. The monoisotopic (exact) mass is 375 g/mol. The van der Waals surface area contributed by atoms with E-state index in [4.69, 9.17) is 26.8 Å². The zero-order valence-electron chi connectivity index (χ0n) is 14.2. The summed E-state index contributed by atoms with van der Waals surface area (Å²) in [4.78, 5) is 1.19. The SMILES string of the molecule is COCCCOc1cc(CC(N)c2cc3ccccc3s2)ccc1Cl. The van der Waals surface area contributed by atoms with Gasteiger partial charge in [0, 0.05) is 35.8 Å². The van der Waals surface area contributed by atoms with Crippen molar-refractivity contribution in [3.63, 3.8) is 0 Å². The second-order valence-electron chi connectivity index (χ2n) is 5.96. The number of nitrogens with two attached hydrogens (primary N) is 1. The number of hydrogen-bond donors (Lipinski definition) is 1. The third-order valence-corrected chi connectivity index (χ3v) is 5.57. The summed E-state index contributed by atoms with van der Waals surface area (Å²) in [6.45, 7) is 1.26. The molecule has 1 atom stereocenters. The Balaban J connectivity index is 1.69. The van der Waals surface area contributed by atoms with Gasteiger partial charge in [0.25, 0.3) is 0 Å². The Labute approximate surface area is 157 Å². The molecule has 1 aromatic heterocycles. The second kappa shape index (κ2) is 8.68. The van der Waals surface area contributed by atoms with E-state index in [-0.39, 0.29) is 6.04 Å². The van der Waals surface area contributed by atoms with Gasteiger partial charge in [0.2, 0.25) is 0 Å². The lowest BCUT2D eigenvalue weighted by Crippen LogP contribution is -2.12. The number of methoxy groups -OCH3 is 1. The molecule has 132 valence electrons. The molecule has 3 aromatic rings. The molecule has 0 amide bonds. The van der Waals surface area contributed by atoms with Crippen molar-refractivity contribution in [2.24, 2.45) is 5.73 Å². The summed E-state index contributed by atoms with van der Waals surface area (Å²) in [5.41, 5.74) is 7.56. The summed E-state index contributed by atoms with van der Waals surface area (Å²) in [5.74, 6) is 0.707. The molecule has 1 unspecified atom stereocenters. The van der Waals surface area contributed by atoms with Gasteiger partial charge in [-0.15, -0.1) is 11.3 Å². The summed E-state index contributed by atoms with van der Waals surface area (Å²) < 4.78 is 12.1. The lowest BCUT2D eigenvalue weighted by Gasteiger charge is -2.13. The van der Waals surface area contributed by atoms with Crippen molar-refractivity contribution >= 4 is 33.0 Å². The van der Waals surface area contributed by atoms with Crippen LogP contribution in [0.5, 0.6) is 5.75 Å². The van der Waals surface area contributed by atoms with Crippen LogP contribution in [0.15, 0.2) is 48.5 Å². The van der Waals surface area contributed by atoms with Crippen molar-refractivity contribution < 1.29 is 9.47 Å². The highest BCUT2D eigenvalue weighted by Gasteiger charge is 2.12. The first-order valence-corrected chi connectivity index (χ1v) is 9.51. The van der Waals surface area contributed by atoms with Crippen LogP contribution in [0.2, 0.25) is 5.02 Å². The number of rotatable bonds is 8. The van der Waals surface area contributed by atoms with Gasteiger partial charge in [0.15, 0.2) is 0 Å². The smallest absolute Gasteiger partial charge is 0.138 e. The van der Waals surface area contributed by atoms with Crippen LogP contribution in [-0.4, -0.2) is 20.3 Å². The largest absolute Gasteiger partial charge is 0.492 e. The number of hydrogen-bond acceptors (Lipinski definition) is 4. The minimum absolute atomic E-state index is 0.0417. The highest BCUT2D eigenvalue weighted by molar-refractivity contribution is 7.19. The van der Waals surface area contributed by atoms with Gasteiger partial charge in [-0.3, -0.25) is 0 Å². The molecule has 0 saturated heterocycles. The van der Waals surface area contributed by atoms with Gasteiger partial charge >= 0.3 is 0 Å². The van der Waals surface area contributed by atoms with Gasteiger partial charge in [-0.2, -0.15) is 0 Å². The van der Waals surface area contributed by atoms with Crippen molar-refractivity contribution in [2.75, 3.05) is 20.3 Å². The Bertz CT molecular complexity index is 800. The van der Waals surface area contributed by atoms with E-state index >= 15 is 0 Å². The Morgan fingerprint density at radius 3 is 2.76 bits per heavy atom. The van der Waals surface area contributed by atoms with Crippen molar-refractivity contribution in [3.8, 4) is 5.75 Å². The maximum Gasteiger partial charge on any atom is 0.138 e. The molecule has 0 fully saturated rings. The molecule has 1 heterocycles. The fraction of sp³-hybridized carbons (Fsp3) is 0.300. The predicted molar refractivity (Wildman–Crippen MR) is 106 cm³/mol. The standard InChI is InChI=1S/C20H22ClNO2S/c1-23-9-4-10-24-18-12-14(7-8-16(18)21)11-17(22)20-13-15-5-2-3-6-19(15)25-20/h2-3,5-8,12-13,17H,4,9-11,22H2,1H3. The third kappa shape index (κ3) is 4.73. The lowest BCUT2D eigenvalue weighted by molar-refractivity contribution is 0.172. The van der Waals surface area contributed by atoms with Crippen molar-refractivity contribution in [1.29, 1.82) is 0 Å². The van der Waals surface area contributed by atoms with Crippen LogP contribution < -0.4 is 10.5 Å². The number of halogens is 1. The Kier molecular flexibility index (Phi) is 6.32. The van der Waals surface area contributed by atoms with E-state index in [1.54, 1.807) is 18.4 Å². The molecular formula is C20H22ClNO2S. The Morgan fingerprint density at radius 2 is 1.96 bits per heavy atom. The van der Waals surface area contributed by atoms with E-state index in [9.17, 15) is 0 Å². The quantitative estimate of drug-likeness (QED) is 0.549. The first-order chi connectivity index (χ1) is 12.2. The van der Waals surface area contributed by atoms with Crippen LogP contribution in [0.4, 0.5) is 0 Å². The van der Waals surface area contributed by atoms with E-state index in [1.807, 2.05) is 18.2 Å². The Hall–Kier alpha value is -1.59. The molecule has 25 heavy (non-hydrogen) atoms. The van der Waals surface area contributed by atoms with Gasteiger partial charge in [-0.1, -0.05) is 35.9 Å². The van der Waals surface area contributed by atoms with Gasteiger partial charge in [-0.05, 0) is 41.6 Å². The van der Waals surface area contributed by atoms with Crippen LogP contribution in [0.25, 0.3) is 10.1 Å². The molecule has 0 aliphatic carbocycles. The molecule has 0 spiro atoms.